The fraction of sp³-hybridized carbons (Fsp3) is 0.0141. The van der Waals surface area contributed by atoms with Gasteiger partial charge in [-0.05, 0) is 142 Å². The zero-order valence-corrected chi connectivity index (χ0v) is 44.3. The van der Waals surface area contributed by atoms with Crippen LogP contribution in [0.4, 0.5) is 34.1 Å². The van der Waals surface area contributed by atoms with Gasteiger partial charge in [-0.15, -0.1) is 34.0 Å². The molecular formula is C71H50N2S3. The third-order valence-electron chi connectivity index (χ3n) is 14.3. The zero-order valence-electron chi connectivity index (χ0n) is 41.8. The van der Waals surface area contributed by atoms with Crippen molar-refractivity contribution in [3.05, 3.63) is 277 Å². The van der Waals surface area contributed by atoms with Crippen LogP contribution < -0.4 is 19.6 Å². The molecule has 0 saturated heterocycles. The smallest absolute Gasteiger partial charge is 0.0462 e. The molecule has 76 heavy (non-hydrogen) atoms. The summed E-state index contributed by atoms with van der Waals surface area (Å²) >= 11 is 5.51. The summed E-state index contributed by atoms with van der Waals surface area (Å²) in [7, 11) is 0. The molecule has 5 heteroatoms. The van der Waals surface area contributed by atoms with Crippen molar-refractivity contribution in [3.8, 4) is 33.4 Å². The van der Waals surface area contributed by atoms with Gasteiger partial charge in [0, 0.05) is 83.7 Å². The SMILES string of the molecule is C=c1sc2ccccc2/c1=C/C.c1ccc(N(c2ccc(-c3ccc(N(c4ccccc4)c4ccc(-c5cccc6c5sc5ccccc56)cc4)cc3)cc2)c2ccc(-c3cccc4c3sc3ccccc34)cc2)cc1. The Labute approximate surface area is 454 Å². The molecule has 0 aliphatic rings. The summed E-state index contributed by atoms with van der Waals surface area (Å²) in [6.07, 6.45) is 2.13. The van der Waals surface area contributed by atoms with Gasteiger partial charge in [0.2, 0.25) is 0 Å². The fourth-order valence-corrected chi connectivity index (χ4v) is 14.1. The molecule has 0 unspecified atom stereocenters. The van der Waals surface area contributed by atoms with Gasteiger partial charge in [-0.1, -0.05) is 189 Å². The Morgan fingerprint density at radius 1 is 0.289 bits per heavy atom. The number of rotatable bonds is 9. The first-order chi connectivity index (χ1) is 37.6. The van der Waals surface area contributed by atoms with Crippen LogP contribution in [-0.2, 0) is 0 Å². The number of nitrogens with zero attached hydrogens (tertiary/aromatic N) is 2. The first kappa shape index (κ1) is 46.9. The van der Waals surface area contributed by atoms with Gasteiger partial charge in [-0.2, -0.15) is 0 Å². The Morgan fingerprint density at radius 3 is 1.00 bits per heavy atom. The maximum Gasteiger partial charge on any atom is 0.0462 e. The van der Waals surface area contributed by atoms with E-state index >= 15 is 0 Å². The number of anilines is 6. The molecule has 0 N–H and O–H groups in total. The predicted molar refractivity (Wildman–Crippen MR) is 335 cm³/mol. The molecule has 0 saturated carbocycles. The van der Waals surface area contributed by atoms with Gasteiger partial charge in [-0.3, -0.25) is 0 Å². The lowest BCUT2D eigenvalue weighted by atomic mass is 10.0. The first-order valence-electron chi connectivity index (χ1n) is 25.6. The minimum Gasteiger partial charge on any atom is -0.311 e. The maximum atomic E-state index is 4.02. The van der Waals surface area contributed by atoms with Gasteiger partial charge in [0.25, 0.3) is 0 Å². The molecule has 0 aliphatic carbocycles. The van der Waals surface area contributed by atoms with Gasteiger partial charge in [0.15, 0.2) is 0 Å². The summed E-state index contributed by atoms with van der Waals surface area (Å²) < 4.78 is 7.81. The monoisotopic (exact) mass is 1030 g/mol. The summed E-state index contributed by atoms with van der Waals surface area (Å²) in [5.74, 6) is 0. The fourth-order valence-electron chi connectivity index (χ4n) is 10.6. The van der Waals surface area contributed by atoms with Crippen LogP contribution in [0.25, 0.3) is 96.5 Å². The van der Waals surface area contributed by atoms with E-state index in [-0.39, 0.29) is 0 Å². The maximum absolute atomic E-state index is 4.02. The molecule has 14 aromatic rings. The van der Waals surface area contributed by atoms with E-state index in [9.17, 15) is 0 Å². The Balaban J connectivity index is 0.000000406. The third kappa shape index (κ3) is 8.84. The zero-order chi connectivity index (χ0) is 51.0. The van der Waals surface area contributed by atoms with Crippen LogP contribution in [0.3, 0.4) is 0 Å². The summed E-state index contributed by atoms with van der Waals surface area (Å²) in [6, 6.07) is 96.4. The van der Waals surface area contributed by atoms with Gasteiger partial charge in [0.05, 0.1) is 0 Å². The molecule has 0 spiro atoms. The van der Waals surface area contributed by atoms with E-state index < -0.39 is 0 Å². The third-order valence-corrected chi connectivity index (χ3v) is 17.8. The molecule has 3 heterocycles. The second-order valence-electron chi connectivity index (χ2n) is 18.8. The van der Waals surface area contributed by atoms with Gasteiger partial charge in [0.1, 0.15) is 0 Å². The summed E-state index contributed by atoms with van der Waals surface area (Å²) in [5.41, 5.74) is 14.0. The topological polar surface area (TPSA) is 6.48 Å². The minimum absolute atomic E-state index is 1.10. The number of para-hydroxylation sites is 2. The van der Waals surface area contributed by atoms with Crippen LogP contribution in [0.5, 0.6) is 0 Å². The molecule has 0 atom stereocenters. The normalized spacial score (nSPS) is 11.6. The van der Waals surface area contributed by atoms with E-state index in [1.807, 2.05) is 22.7 Å². The van der Waals surface area contributed by atoms with Crippen molar-refractivity contribution in [3.63, 3.8) is 0 Å². The quantitative estimate of drug-likeness (QED) is 0.142. The van der Waals surface area contributed by atoms with E-state index in [1.54, 1.807) is 11.3 Å². The van der Waals surface area contributed by atoms with E-state index in [1.165, 1.54) is 93.6 Å². The Kier molecular flexibility index (Phi) is 12.6. The molecular weight excluding hydrogens is 977 g/mol. The summed E-state index contributed by atoms with van der Waals surface area (Å²) in [5, 5.41) is 7.90. The van der Waals surface area contributed by atoms with Crippen molar-refractivity contribution < 1.29 is 0 Å². The number of thiophene rings is 3. The van der Waals surface area contributed by atoms with E-state index in [0.29, 0.717) is 0 Å². The molecule has 0 aliphatic heterocycles. The summed E-state index contributed by atoms with van der Waals surface area (Å²) in [6.45, 7) is 6.07. The first-order valence-corrected chi connectivity index (χ1v) is 28.1. The molecule has 0 bridgehead atoms. The van der Waals surface area contributed by atoms with Crippen LogP contribution in [0, 0.1) is 0 Å². The van der Waals surface area contributed by atoms with Crippen LogP contribution >= 0.6 is 34.0 Å². The van der Waals surface area contributed by atoms with E-state index in [0.717, 1.165) is 34.1 Å². The predicted octanol–water partition coefficient (Wildman–Crippen LogP) is 20.5. The molecule has 0 amide bonds. The van der Waals surface area contributed by atoms with Crippen LogP contribution in [-0.4, -0.2) is 0 Å². The highest BCUT2D eigenvalue weighted by Gasteiger charge is 2.17. The molecule has 0 radical (unpaired) electrons. The second kappa shape index (κ2) is 20.5. The van der Waals surface area contributed by atoms with Crippen molar-refractivity contribution in [1.82, 2.24) is 0 Å². The highest BCUT2D eigenvalue weighted by molar-refractivity contribution is 7.26. The van der Waals surface area contributed by atoms with Gasteiger partial charge >= 0.3 is 0 Å². The number of hydrogen-bond donors (Lipinski definition) is 0. The lowest BCUT2D eigenvalue weighted by Gasteiger charge is -2.26. The molecule has 11 aromatic carbocycles. The average Bonchev–Trinajstić information content (AvgIpc) is 4.21. The van der Waals surface area contributed by atoms with E-state index in [4.69, 9.17) is 0 Å². The van der Waals surface area contributed by atoms with Crippen molar-refractivity contribution >= 4 is 131 Å². The van der Waals surface area contributed by atoms with Gasteiger partial charge < -0.3 is 9.80 Å². The van der Waals surface area contributed by atoms with Crippen LogP contribution in [0.2, 0.25) is 0 Å². The van der Waals surface area contributed by atoms with E-state index in [2.05, 4.69) is 296 Å². The standard InChI is InChI=1S/C60H40N2S2.C11H10S/c1-3-13-45(14-4-1)61(49-37-29-43(30-38-49)51-19-11-21-55-53-17-7-9-23-57(53)63-59(51)55)47-33-25-41(26-34-47)42-27-35-48(36-28-42)62(46-15-5-2-6-16-46)50-39-31-44(32-40-50)52-20-12-22-56-54-18-8-10-24-58(54)64-60(52)56;1-3-9-8(2)12-11-7-5-4-6-10(9)11/h1-40H;3-7H,2H2,1H3/b;9-3+. The minimum atomic E-state index is 1.10. The van der Waals surface area contributed by atoms with Crippen molar-refractivity contribution in [2.75, 3.05) is 9.80 Å². The summed E-state index contributed by atoms with van der Waals surface area (Å²) in [4.78, 5) is 4.67. The average molecular weight is 1030 g/mol. The molecule has 3 aromatic heterocycles. The molecule has 2 nitrogen and oxygen atoms in total. The second-order valence-corrected chi connectivity index (χ2v) is 22.1. The van der Waals surface area contributed by atoms with Crippen molar-refractivity contribution in [1.29, 1.82) is 0 Å². The Bertz CT molecular complexity index is 4220. The Morgan fingerprint density at radius 2 is 0.605 bits per heavy atom. The molecule has 0 fully saturated rings. The highest BCUT2D eigenvalue weighted by atomic mass is 32.1. The van der Waals surface area contributed by atoms with Crippen LogP contribution in [0.15, 0.2) is 267 Å². The Hall–Kier alpha value is -8.84. The van der Waals surface area contributed by atoms with Gasteiger partial charge in [-0.25, -0.2) is 0 Å². The van der Waals surface area contributed by atoms with Crippen molar-refractivity contribution in [2.24, 2.45) is 0 Å². The van der Waals surface area contributed by atoms with Crippen LogP contribution in [0.1, 0.15) is 6.92 Å². The molecule has 362 valence electrons. The number of hydrogen-bond acceptors (Lipinski definition) is 5. The number of benzene rings is 11. The van der Waals surface area contributed by atoms with Crippen molar-refractivity contribution in [2.45, 2.75) is 6.92 Å². The molecule has 14 rings (SSSR count). The highest BCUT2D eigenvalue weighted by Crippen LogP contribution is 2.44. The lowest BCUT2D eigenvalue weighted by Crippen LogP contribution is -2.15. The number of fused-ring (bicyclic) bond motifs is 7. The largest absolute Gasteiger partial charge is 0.311 e. The lowest BCUT2D eigenvalue weighted by molar-refractivity contribution is 1.28.